The van der Waals surface area contributed by atoms with E-state index in [0.717, 1.165) is 0 Å². The van der Waals surface area contributed by atoms with Crippen LogP contribution in [-0.2, 0) is 9.53 Å². The number of benzene rings is 1. The molecule has 88 valence electrons. The average Bonchev–Trinajstić information content (AvgIpc) is 2.27. The van der Waals surface area contributed by atoms with Crippen LogP contribution in [0.2, 0.25) is 0 Å². The molecule has 0 saturated carbocycles. The van der Waals surface area contributed by atoms with Gasteiger partial charge in [-0.15, -0.1) is 0 Å². The van der Waals surface area contributed by atoms with Crippen molar-refractivity contribution in [2.45, 2.75) is 26.0 Å². The molecule has 0 radical (unpaired) electrons. The summed E-state index contributed by atoms with van der Waals surface area (Å²) in [6.07, 6.45) is -0.173. The minimum atomic E-state index is -0.807. The maximum Gasteiger partial charge on any atom is 0.327 e. The van der Waals surface area contributed by atoms with E-state index in [1.165, 1.54) is 0 Å². The van der Waals surface area contributed by atoms with Gasteiger partial charge in [-0.3, -0.25) is 0 Å². The number of hydrogen-bond acceptors (Lipinski definition) is 4. The number of carbonyl (C=O) groups is 1. The summed E-state index contributed by atoms with van der Waals surface area (Å²) < 4.78 is 10.2. The van der Waals surface area contributed by atoms with Crippen LogP contribution in [0.15, 0.2) is 24.3 Å². The number of rotatable bonds is 4. The summed E-state index contributed by atoms with van der Waals surface area (Å²) in [6.45, 7) is 3.57. The predicted octanol–water partition coefficient (Wildman–Crippen LogP) is 1.65. The molecule has 0 bridgehead atoms. The minimum Gasteiger partial charge on any atom is -0.496 e. The van der Waals surface area contributed by atoms with Gasteiger partial charge < -0.3 is 15.2 Å². The van der Waals surface area contributed by atoms with Gasteiger partial charge in [0.2, 0.25) is 0 Å². The fourth-order valence-electron chi connectivity index (χ4n) is 1.36. The molecule has 0 spiro atoms. The molecule has 0 aliphatic carbocycles. The van der Waals surface area contributed by atoms with E-state index in [9.17, 15) is 4.79 Å². The van der Waals surface area contributed by atoms with Crippen LogP contribution in [0.25, 0.3) is 0 Å². The topological polar surface area (TPSA) is 61.5 Å². The van der Waals surface area contributed by atoms with E-state index >= 15 is 0 Å². The normalized spacial score (nSPS) is 12.3. The Labute approximate surface area is 95.3 Å². The van der Waals surface area contributed by atoms with E-state index in [2.05, 4.69) is 0 Å². The zero-order valence-corrected chi connectivity index (χ0v) is 9.77. The lowest BCUT2D eigenvalue weighted by atomic mass is 10.1. The third-order valence-electron chi connectivity index (χ3n) is 2.08. The Bertz CT molecular complexity index is 363. The summed E-state index contributed by atoms with van der Waals surface area (Å²) in [5.41, 5.74) is 6.44. The van der Waals surface area contributed by atoms with Crippen LogP contribution in [-0.4, -0.2) is 19.2 Å². The first-order valence-corrected chi connectivity index (χ1v) is 5.15. The molecule has 16 heavy (non-hydrogen) atoms. The second-order valence-corrected chi connectivity index (χ2v) is 3.71. The molecular weight excluding hydrogens is 206 g/mol. The molecule has 0 fully saturated rings. The Kier molecular flexibility index (Phi) is 4.31. The molecule has 0 heterocycles. The molecule has 1 atom stereocenters. The number of ether oxygens (including phenoxy) is 2. The van der Waals surface area contributed by atoms with Crippen LogP contribution in [0, 0.1) is 0 Å². The van der Waals surface area contributed by atoms with Crippen molar-refractivity contribution in [2.75, 3.05) is 7.11 Å². The fraction of sp³-hybridized carbons (Fsp3) is 0.417. The van der Waals surface area contributed by atoms with Crippen molar-refractivity contribution in [3.05, 3.63) is 29.8 Å². The SMILES string of the molecule is COc1ccccc1C(N)C(=O)OC(C)C. The third kappa shape index (κ3) is 2.97. The largest absolute Gasteiger partial charge is 0.496 e. The lowest BCUT2D eigenvalue weighted by Crippen LogP contribution is -2.26. The predicted molar refractivity (Wildman–Crippen MR) is 61.2 cm³/mol. The number of para-hydroxylation sites is 1. The molecule has 0 saturated heterocycles. The molecular formula is C12H17NO3. The first-order chi connectivity index (χ1) is 7.56. The zero-order valence-electron chi connectivity index (χ0n) is 9.77. The second kappa shape index (κ2) is 5.51. The number of esters is 1. The highest BCUT2D eigenvalue weighted by Gasteiger charge is 2.21. The highest BCUT2D eigenvalue weighted by Crippen LogP contribution is 2.24. The van der Waals surface area contributed by atoms with Gasteiger partial charge in [0.25, 0.3) is 0 Å². The molecule has 4 nitrogen and oxygen atoms in total. The van der Waals surface area contributed by atoms with Crippen molar-refractivity contribution in [3.63, 3.8) is 0 Å². The summed E-state index contributed by atoms with van der Waals surface area (Å²) in [7, 11) is 1.54. The summed E-state index contributed by atoms with van der Waals surface area (Å²) in [4.78, 5) is 11.6. The van der Waals surface area contributed by atoms with Gasteiger partial charge >= 0.3 is 5.97 Å². The molecule has 1 aromatic rings. The molecule has 4 heteroatoms. The molecule has 1 aromatic carbocycles. The Morgan fingerprint density at radius 1 is 1.31 bits per heavy atom. The first-order valence-electron chi connectivity index (χ1n) is 5.15. The Balaban J connectivity index is 2.87. The summed E-state index contributed by atoms with van der Waals surface area (Å²) in [6, 6.07) is 6.34. The van der Waals surface area contributed by atoms with Gasteiger partial charge in [0.1, 0.15) is 11.8 Å². The standard InChI is InChI=1S/C12H17NO3/c1-8(2)16-12(14)11(13)9-6-4-5-7-10(9)15-3/h4-8,11H,13H2,1-3H3. The maximum atomic E-state index is 11.6. The van der Waals surface area contributed by atoms with Gasteiger partial charge in [-0.25, -0.2) is 4.79 Å². The molecule has 0 aliphatic rings. The molecule has 2 N–H and O–H groups in total. The summed E-state index contributed by atoms with van der Waals surface area (Å²) >= 11 is 0. The fourth-order valence-corrected chi connectivity index (χ4v) is 1.36. The van der Waals surface area contributed by atoms with Crippen LogP contribution < -0.4 is 10.5 Å². The van der Waals surface area contributed by atoms with E-state index in [1.807, 2.05) is 6.07 Å². The highest BCUT2D eigenvalue weighted by molar-refractivity contribution is 5.78. The monoisotopic (exact) mass is 223 g/mol. The van der Waals surface area contributed by atoms with Gasteiger partial charge in [-0.1, -0.05) is 18.2 Å². The lowest BCUT2D eigenvalue weighted by molar-refractivity contribution is -0.149. The van der Waals surface area contributed by atoms with Crippen LogP contribution in [0.4, 0.5) is 0 Å². The van der Waals surface area contributed by atoms with Crippen molar-refractivity contribution >= 4 is 5.97 Å². The zero-order chi connectivity index (χ0) is 12.1. The van der Waals surface area contributed by atoms with Gasteiger partial charge in [-0.2, -0.15) is 0 Å². The van der Waals surface area contributed by atoms with Crippen molar-refractivity contribution in [1.82, 2.24) is 0 Å². The van der Waals surface area contributed by atoms with Gasteiger partial charge in [0.15, 0.2) is 0 Å². The second-order valence-electron chi connectivity index (χ2n) is 3.71. The van der Waals surface area contributed by atoms with Crippen molar-refractivity contribution < 1.29 is 14.3 Å². The Morgan fingerprint density at radius 2 is 1.94 bits per heavy atom. The average molecular weight is 223 g/mol. The van der Waals surface area contributed by atoms with Crippen LogP contribution >= 0.6 is 0 Å². The van der Waals surface area contributed by atoms with Crippen molar-refractivity contribution in [3.8, 4) is 5.75 Å². The van der Waals surface area contributed by atoms with Crippen molar-refractivity contribution in [2.24, 2.45) is 5.73 Å². The molecule has 1 rings (SSSR count). The van der Waals surface area contributed by atoms with Crippen LogP contribution in [0.5, 0.6) is 5.75 Å². The minimum absolute atomic E-state index is 0.173. The van der Waals surface area contributed by atoms with E-state index in [4.69, 9.17) is 15.2 Å². The number of carbonyl (C=O) groups excluding carboxylic acids is 1. The van der Waals surface area contributed by atoms with E-state index in [0.29, 0.717) is 11.3 Å². The summed E-state index contributed by atoms with van der Waals surface area (Å²) in [5.74, 6) is 0.148. The van der Waals surface area contributed by atoms with Gasteiger partial charge in [0.05, 0.1) is 13.2 Å². The number of hydrogen-bond donors (Lipinski definition) is 1. The number of methoxy groups -OCH3 is 1. The smallest absolute Gasteiger partial charge is 0.327 e. The maximum absolute atomic E-state index is 11.6. The van der Waals surface area contributed by atoms with Gasteiger partial charge in [0, 0.05) is 5.56 Å². The molecule has 1 unspecified atom stereocenters. The Hall–Kier alpha value is -1.55. The molecule has 0 aliphatic heterocycles. The van der Waals surface area contributed by atoms with E-state index in [-0.39, 0.29) is 6.10 Å². The quantitative estimate of drug-likeness (QED) is 0.788. The van der Waals surface area contributed by atoms with E-state index in [1.54, 1.807) is 39.2 Å². The molecule has 0 aromatic heterocycles. The van der Waals surface area contributed by atoms with Crippen LogP contribution in [0.3, 0.4) is 0 Å². The molecule has 0 amide bonds. The first kappa shape index (κ1) is 12.5. The highest BCUT2D eigenvalue weighted by atomic mass is 16.5. The number of nitrogens with two attached hydrogens (primary N) is 1. The third-order valence-corrected chi connectivity index (χ3v) is 2.08. The van der Waals surface area contributed by atoms with Gasteiger partial charge in [-0.05, 0) is 19.9 Å². The van der Waals surface area contributed by atoms with Crippen LogP contribution in [0.1, 0.15) is 25.5 Å². The summed E-state index contributed by atoms with van der Waals surface area (Å²) in [5, 5.41) is 0. The lowest BCUT2D eigenvalue weighted by Gasteiger charge is -2.16. The Morgan fingerprint density at radius 3 is 2.50 bits per heavy atom. The van der Waals surface area contributed by atoms with E-state index < -0.39 is 12.0 Å². The van der Waals surface area contributed by atoms with Crippen molar-refractivity contribution in [1.29, 1.82) is 0 Å².